The highest BCUT2D eigenvalue weighted by Gasteiger charge is 2.41. The summed E-state index contributed by atoms with van der Waals surface area (Å²) in [7, 11) is 1.52. The minimum Gasteiger partial charge on any atom is -0.493 e. The number of imide groups is 1. The van der Waals surface area contributed by atoms with Gasteiger partial charge in [-0.1, -0.05) is 48.5 Å². The van der Waals surface area contributed by atoms with Crippen molar-refractivity contribution in [3.63, 3.8) is 0 Å². The van der Waals surface area contributed by atoms with Crippen molar-refractivity contribution >= 4 is 17.7 Å². The summed E-state index contributed by atoms with van der Waals surface area (Å²) in [5, 5.41) is 0. The lowest BCUT2D eigenvalue weighted by Gasteiger charge is -2.27. The zero-order valence-corrected chi connectivity index (χ0v) is 19.5. The summed E-state index contributed by atoms with van der Waals surface area (Å²) < 4.78 is 11.0. The van der Waals surface area contributed by atoms with Gasteiger partial charge in [0.2, 0.25) is 5.91 Å². The number of methoxy groups -OCH3 is 1. The molecule has 8 nitrogen and oxygen atoms in total. The van der Waals surface area contributed by atoms with E-state index in [0.29, 0.717) is 34.8 Å². The van der Waals surface area contributed by atoms with E-state index in [1.807, 2.05) is 37.3 Å². The maximum absolute atomic E-state index is 13.2. The van der Waals surface area contributed by atoms with Gasteiger partial charge in [0.1, 0.15) is 0 Å². The van der Waals surface area contributed by atoms with Crippen molar-refractivity contribution in [3.8, 4) is 11.5 Å². The van der Waals surface area contributed by atoms with Crippen molar-refractivity contribution in [2.24, 2.45) is 0 Å². The Morgan fingerprint density at radius 2 is 1.57 bits per heavy atom. The lowest BCUT2D eigenvalue weighted by Crippen LogP contribution is -2.37. The second-order valence-electron chi connectivity index (χ2n) is 7.89. The second-order valence-corrected chi connectivity index (χ2v) is 7.89. The van der Waals surface area contributed by atoms with Gasteiger partial charge in [-0.05, 0) is 42.3 Å². The van der Waals surface area contributed by atoms with E-state index in [9.17, 15) is 14.4 Å². The van der Waals surface area contributed by atoms with Crippen molar-refractivity contribution in [3.05, 3.63) is 95.1 Å². The van der Waals surface area contributed by atoms with Crippen LogP contribution in [0, 0.1) is 0 Å². The topological polar surface area (TPSA) is 94.2 Å². The summed E-state index contributed by atoms with van der Waals surface area (Å²) in [5.41, 5.74) is 4.49. The number of hydrogen-bond donors (Lipinski definition) is 1. The Balaban J connectivity index is 1.60. The first-order valence-electron chi connectivity index (χ1n) is 11.3. The summed E-state index contributed by atoms with van der Waals surface area (Å²) in [6.07, 6.45) is -0.196. The largest absolute Gasteiger partial charge is 0.493 e. The highest BCUT2D eigenvalue weighted by atomic mass is 16.6. The zero-order valence-electron chi connectivity index (χ0n) is 19.5. The molecule has 1 atom stereocenters. The van der Waals surface area contributed by atoms with E-state index in [0.717, 1.165) is 10.5 Å². The number of nitrogens with one attached hydrogen (secondary N) is 1. The van der Waals surface area contributed by atoms with Crippen LogP contribution in [0.3, 0.4) is 0 Å². The second kappa shape index (κ2) is 10.8. The third-order valence-electron chi connectivity index (χ3n) is 5.66. The molecular weight excluding hydrogens is 448 g/mol. The SMILES string of the molecule is CCOc1cc(C(CC(=O)NOCc2ccccc2)N2C(=O)c3ccccc3C2=O)ccc1OC. The fourth-order valence-electron chi connectivity index (χ4n) is 4.01. The van der Waals surface area contributed by atoms with Crippen LogP contribution in [-0.4, -0.2) is 36.3 Å². The van der Waals surface area contributed by atoms with Gasteiger partial charge in [-0.2, -0.15) is 0 Å². The van der Waals surface area contributed by atoms with E-state index >= 15 is 0 Å². The Kier molecular flexibility index (Phi) is 7.42. The van der Waals surface area contributed by atoms with Crippen molar-refractivity contribution in [2.75, 3.05) is 13.7 Å². The first-order chi connectivity index (χ1) is 17.0. The third kappa shape index (κ3) is 5.17. The van der Waals surface area contributed by atoms with Gasteiger partial charge in [-0.25, -0.2) is 5.48 Å². The van der Waals surface area contributed by atoms with Gasteiger partial charge in [-0.15, -0.1) is 0 Å². The van der Waals surface area contributed by atoms with Gasteiger partial charge >= 0.3 is 0 Å². The predicted octanol–water partition coefficient (Wildman–Crippen LogP) is 4.07. The first kappa shape index (κ1) is 24.0. The van der Waals surface area contributed by atoms with Crippen LogP contribution < -0.4 is 15.0 Å². The van der Waals surface area contributed by atoms with Crippen LogP contribution in [0.15, 0.2) is 72.8 Å². The van der Waals surface area contributed by atoms with Crippen LogP contribution in [0.1, 0.15) is 51.2 Å². The molecule has 1 unspecified atom stereocenters. The molecule has 180 valence electrons. The summed E-state index contributed by atoms with van der Waals surface area (Å²) in [4.78, 5) is 45.8. The molecule has 1 aliphatic heterocycles. The summed E-state index contributed by atoms with van der Waals surface area (Å²) >= 11 is 0. The van der Waals surface area contributed by atoms with Gasteiger partial charge in [0.25, 0.3) is 11.8 Å². The van der Waals surface area contributed by atoms with E-state index in [-0.39, 0.29) is 13.0 Å². The quantitative estimate of drug-likeness (QED) is 0.352. The molecule has 1 aliphatic rings. The van der Waals surface area contributed by atoms with Crippen molar-refractivity contribution in [1.29, 1.82) is 0 Å². The molecule has 3 aromatic rings. The monoisotopic (exact) mass is 474 g/mol. The number of hydroxylamine groups is 1. The van der Waals surface area contributed by atoms with E-state index in [1.54, 1.807) is 42.5 Å². The van der Waals surface area contributed by atoms with E-state index < -0.39 is 23.8 Å². The first-order valence-corrected chi connectivity index (χ1v) is 11.3. The molecule has 0 radical (unpaired) electrons. The molecule has 3 amide bonds. The molecule has 0 aliphatic carbocycles. The Morgan fingerprint density at radius 3 is 2.20 bits per heavy atom. The number of carbonyl (C=O) groups excluding carboxylic acids is 3. The Labute approximate surface area is 203 Å². The fraction of sp³-hybridized carbons (Fsp3) is 0.222. The van der Waals surface area contributed by atoms with Gasteiger partial charge in [0, 0.05) is 0 Å². The average Bonchev–Trinajstić information content (AvgIpc) is 3.13. The number of hydrogen-bond acceptors (Lipinski definition) is 6. The molecule has 0 spiro atoms. The summed E-state index contributed by atoms with van der Waals surface area (Å²) in [6, 6.07) is 20.2. The van der Waals surface area contributed by atoms with E-state index in [1.165, 1.54) is 7.11 Å². The zero-order chi connectivity index (χ0) is 24.8. The number of nitrogens with zero attached hydrogens (tertiary/aromatic N) is 1. The Morgan fingerprint density at radius 1 is 0.914 bits per heavy atom. The summed E-state index contributed by atoms with van der Waals surface area (Å²) in [6.45, 7) is 2.41. The number of amides is 3. The molecule has 0 saturated heterocycles. The minimum atomic E-state index is -0.882. The van der Waals surface area contributed by atoms with Crippen molar-refractivity contribution < 1.29 is 28.7 Å². The Hall–Kier alpha value is -4.17. The third-order valence-corrected chi connectivity index (χ3v) is 5.66. The molecule has 0 bridgehead atoms. The highest BCUT2D eigenvalue weighted by molar-refractivity contribution is 6.21. The van der Waals surface area contributed by atoms with Gasteiger partial charge in [0.05, 0.1) is 43.9 Å². The number of ether oxygens (including phenoxy) is 2. The van der Waals surface area contributed by atoms with Crippen LogP contribution in [-0.2, 0) is 16.2 Å². The van der Waals surface area contributed by atoms with Gasteiger partial charge in [-0.3, -0.25) is 24.1 Å². The predicted molar refractivity (Wildman–Crippen MR) is 128 cm³/mol. The van der Waals surface area contributed by atoms with E-state index in [4.69, 9.17) is 14.3 Å². The molecule has 0 aromatic heterocycles. The molecular formula is C27H26N2O6. The smallest absolute Gasteiger partial charge is 0.262 e. The maximum Gasteiger partial charge on any atom is 0.262 e. The van der Waals surface area contributed by atoms with Crippen LogP contribution in [0.2, 0.25) is 0 Å². The fourth-order valence-corrected chi connectivity index (χ4v) is 4.01. The molecule has 0 fully saturated rings. The van der Waals surface area contributed by atoms with Gasteiger partial charge in [0.15, 0.2) is 11.5 Å². The lowest BCUT2D eigenvalue weighted by atomic mass is 10.0. The van der Waals surface area contributed by atoms with Crippen molar-refractivity contribution in [1.82, 2.24) is 10.4 Å². The van der Waals surface area contributed by atoms with Crippen LogP contribution in [0.5, 0.6) is 11.5 Å². The van der Waals surface area contributed by atoms with Crippen LogP contribution >= 0.6 is 0 Å². The minimum absolute atomic E-state index is 0.182. The van der Waals surface area contributed by atoms with Crippen LogP contribution in [0.25, 0.3) is 0 Å². The summed E-state index contributed by atoms with van der Waals surface area (Å²) in [5.74, 6) is -0.428. The molecule has 4 rings (SSSR count). The molecule has 1 heterocycles. The number of carbonyl (C=O) groups is 3. The molecule has 3 aromatic carbocycles. The van der Waals surface area contributed by atoms with Crippen molar-refractivity contribution in [2.45, 2.75) is 26.0 Å². The normalized spacial score (nSPS) is 13.4. The molecule has 8 heteroatoms. The van der Waals surface area contributed by atoms with E-state index in [2.05, 4.69) is 5.48 Å². The number of benzene rings is 3. The molecule has 35 heavy (non-hydrogen) atoms. The number of fused-ring (bicyclic) bond motifs is 1. The molecule has 0 saturated carbocycles. The van der Waals surface area contributed by atoms with Crippen LogP contribution in [0.4, 0.5) is 0 Å². The standard InChI is InChI=1S/C27H26N2O6/c1-3-34-24-15-19(13-14-23(24)33-2)22(16-25(30)28-35-17-18-9-5-4-6-10-18)29-26(31)20-11-7-8-12-21(20)27(29)32/h4-15,22H,3,16-17H2,1-2H3,(H,28,30). The lowest BCUT2D eigenvalue weighted by molar-refractivity contribution is -0.135. The number of rotatable bonds is 10. The molecule has 1 N–H and O–H groups in total. The highest BCUT2D eigenvalue weighted by Crippen LogP contribution is 2.37. The van der Waals surface area contributed by atoms with Gasteiger partial charge < -0.3 is 9.47 Å². The maximum atomic E-state index is 13.2. The average molecular weight is 475 g/mol. The Bertz CT molecular complexity index is 1190.